The quantitative estimate of drug-likeness (QED) is 0.729. The summed E-state index contributed by atoms with van der Waals surface area (Å²) < 4.78 is 25.5. The van der Waals surface area contributed by atoms with Crippen molar-refractivity contribution in [3.63, 3.8) is 0 Å². The summed E-state index contributed by atoms with van der Waals surface area (Å²) in [5, 5.41) is 0. The molecule has 0 aromatic heterocycles. The zero-order valence-corrected chi connectivity index (χ0v) is 8.18. The van der Waals surface area contributed by atoms with Crippen LogP contribution in [0.15, 0.2) is 18.2 Å². The van der Waals surface area contributed by atoms with Gasteiger partial charge >= 0.3 is 0 Å². The lowest BCUT2D eigenvalue weighted by atomic mass is 9.98. The van der Waals surface area contributed by atoms with Gasteiger partial charge in [-0.05, 0) is 31.0 Å². The van der Waals surface area contributed by atoms with E-state index in [9.17, 15) is 13.6 Å². The highest BCUT2D eigenvalue weighted by Crippen LogP contribution is 2.13. The summed E-state index contributed by atoms with van der Waals surface area (Å²) in [5.74, 6) is -1.38. The molecule has 1 nitrogen and oxygen atoms in total. The van der Waals surface area contributed by atoms with E-state index < -0.39 is 11.6 Å². The molecule has 0 spiro atoms. The van der Waals surface area contributed by atoms with E-state index >= 15 is 0 Å². The van der Waals surface area contributed by atoms with Gasteiger partial charge in [0.05, 0.1) is 0 Å². The number of rotatable bonds is 3. The van der Waals surface area contributed by atoms with Gasteiger partial charge in [-0.2, -0.15) is 0 Å². The second-order valence-electron chi connectivity index (χ2n) is 3.49. The maximum Gasteiger partial charge on any atom is 0.132 e. The van der Waals surface area contributed by atoms with Crippen molar-refractivity contribution >= 4 is 5.78 Å². The van der Waals surface area contributed by atoms with E-state index in [1.54, 1.807) is 6.92 Å². The molecule has 1 aromatic carbocycles. The zero-order valence-electron chi connectivity index (χ0n) is 8.18. The van der Waals surface area contributed by atoms with Crippen molar-refractivity contribution in [2.75, 3.05) is 0 Å². The third-order valence-electron chi connectivity index (χ3n) is 2.16. The van der Waals surface area contributed by atoms with Crippen molar-refractivity contribution in [2.45, 2.75) is 20.3 Å². The summed E-state index contributed by atoms with van der Waals surface area (Å²) in [5.41, 5.74) is 0.519. The number of carbonyl (C=O) groups is 1. The molecule has 0 N–H and O–H groups in total. The first kappa shape index (κ1) is 10.8. The lowest BCUT2D eigenvalue weighted by Crippen LogP contribution is -2.09. The van der Waals surface area contributed by atoms with E-state index in [0.717, 1.165) is 6.07 Å². The SMILES string of the molecule is CC(=O)[C@@H](C)Cc1cc(F)cc(F)c1. The molecule has 0 unspecified atom stereocenters. The van der Waals surface area contributed by atoms with Crippen molar-refractivity contribution in [1.82, 2.24) is 0 Å². The van der Waals surface area contributed by atoms with Crippen LogP contribution in [0.3, 0.4) is 0 Å². The van der Waals surface area contributed by atoms with Gasteiger partial charge in [-0.1, -0.05) is 6.92 Å². The molecule has 0 saturated carbocycles. The third-order valence-corrected chi connectivity index (χ3v) is 2.16. The molecular weight excluding hydrogens is 186 g/mol. The van der Waals surface area contributed by atoms with Gasteiger partial charge in [0.1, 0.15) is 17.4 Å². The van der Waals surface area contributed by atoms with Gasteiger partial charge < -0.3 is 0 Å². The van der Waals surface area contributed by atoms with Crippen LogP contribution in [-0.2, 0) is 11.2 Å². The number of halogens is 2. The summed E-state index contributed by atoms with van der Waals surface area (Å²) in [6.45, 7) is 3.21. The zero-order chi connectivity index (χ0) is 10.7. The molecule has 1 atom stereocenters. The number of ketones is 1. The Kier molecular flexibility index (Phi) is 3.33. The van der Waals surface area contributed by atoms with E-state index in [2.05, 4.69) is 0 Å². The summed E-state index contributed by atoms with van der Waals surface area (Å²) >= 11 is 0. The minimum atomic E-state index is -0.601. The smallest absolute Gasteiger partial charge is 0.132 e. The lowest BCUT2D eigenvalue weighted by Gasteiger charge is -2.07. The monoisotopic (exact) mass is 198 g/mol. The number of hydrogen-bond donors (Lipinski definition) is 0. The van der Waals surface area contributed by atoms with Gasteiger partial charge in [0.15, 0.2) is 0 Å². The fourth-order valence-electron chi connectivity index (χ4n) is 1.23. The third kappa shape index (κ3) is 2.91. The average molecular weight is 198 g/mol. The fourth-order valence-corrected chi connectivity index (χ4v) is 1.23. The van der Waals surface area contributed by atoms with E-state index in [0.29, 0.717) is 12.0 Å². The minimum Gasteiger partial charge on any atom is -0.300 e. The first-order valence-corrected chi connectivity index (χ1v) is 4.44. The summed E-state index contributed by atoms with van der Waals surface area (Å²) in [4.78, 5) is 10.9. The molecule has 0 aliphatic rings. The Morgan fingerprint density at radius 2 is 1.79 bits per heavy atom. The number of hydrogen-bond acceptors (Lipinski definition) is 1. The van der Waals surface area contributed by atoms with Crippen molar-refractivity contribution in [1.29, 1.82) is 0 Å². The Hall–Kier alpha value is -1.25. The molecule has 0 aliphatic carbocycles. The van der Waals surface area contributed by atoms with Crippen LogP contribution in [0.1, 0.15) is 19.4 Å². The molecular formula is C11H12F2O. The van der Waals surface area contributed by atoms with Crippen molar-refractivity contribution in [3.8, 4) is 0 Å². The first-order valence-electron chi connectivity index (χ1n) is 4.44. The van der Waals surface area contributed by atoms with Gasteiger partial charge in [0.2, 0.25) is 0 Å². The largest absolute Gasteiger partial charge is 0.300 e. The molecule has 1 rings (SSSR count). The number of carbonyl (C=O) groups excluding carboxylic acids is 1. The van der Waals surface area contributed by atoms with Crippen LogP contribution in [0.5, 0.6) is 0 Å². The Bertz CT molecular complexity index is 327. The second-order valence-corrected chi connectivity index (χ2v) is 3.49. The molecule has 0 aliphatic heterocycles. The highest BCUT2D eigenvalue weighted by Gasteiger charge is 2.09. The number of Topliss-reactive ketones (excluding diaryl/α,β-unsaturated/α-hetero) is 1. The molecule has 0 saturated heterocycles. The molecule has 0 radical (unpaired) electrons. The molecule has 3 heteroatoms. The summed E-state index contributed by atoms with van der Waals surface area (Å²) in [7, 11) is 0. The van der Waals surface area contributed by atoms with Crippen LogP contribution in [0.2, 0.25) is 0 Å². The van der Waals surface area contributed by atoms with Crippen LogP contribution in [0, 0.1) is 17.6 Å². The van der Waals surface area contributed by atoms with Gasteiger partial charge in [0, 0.05) is 12.0 Å². The van der Waals surface area contributed by atoms with Crippen molar-refractivity contribution in [3.05, 3.63) is 35.4 Å². The predicted molar refractivity (Wildman–Crippen MR) is 49.9 cm³/mol. The van der Waals surface area contributed by atoms with Crippen molar-refractivity contribution in [2.24, 2.45) is 5.92 Å². The Balaban J connectivity index is 2.81. The molecule has 0 bridgehead atoms. The fraction of sp³-hybridized carbons (Fsp3) is 0.364. The highest BCUT2D eigenvalue weighted by molar-refractivity contribution is 5.78. The average Bonchev–Trinajstić information content (AvgIpc) is 2.01. The van der Waals surface area contributed by atoms with Gasteiger partial charge in [0.25, 0.3) is 0 Å². The van der Waals surface area contributed by atoms with Crippen LogP contribution >= 0.6 is 0 Å². The van der Waals surface area contributed by atoms with Crippen LogP contribution in [0.4, 0.5) is 8.78 Å². The molecule has 0 heterocycles. The van der Waals surface area contributed by atoms with E-state index in [-0.39, 0.29) is 11.7 Å². The van der Waals surface area contributed by atoms with Crippen molar-refractivity contribution < 1.29 is 13.6 Å². The molecule has 14 heavy (non-hydrogen) atoms. The highest BCUT2D eigenvalue weighted by atomic mass is 19.1. The van der Waals surface area contributed by atoms with E-state index in [1.807, 2.05) is 0 Å². The van der Waals surface area contributed by atoms with Crippen LogP contribution in [0.25, 0.3) is 0 Å². The minimum absolute atomic E-state index is 0.0228. The maximum atomic E-state index is 12.8. The summed E-state index contributed by atoms with van der Waals surface area (Å²) in [6.07, 6.45) is 0.379. The second kappa shape index (κ2) is 4.31. The van der Waals surface area contributed by atoms with E-state index in [1.165, 1.54) is 19.1 Å². The Morgan fingerprint density at radius 1 is 1.29 bits per heavy atom. The topological polar surface area (TPSA) is 17.1 Å². The summed E-state index contributed by atoms with van der Waals surface area (Å²) in [6, 6.07) is 3.33. The number of benzene rings is 1. The first-order chi connectivity index (χ1) is 6.49. The molecule has 1 aromatic rings. The Labute approximate surface area is 81.7 Å². The van der Waals surface area contributed by atoms with Gasteiger partial charge in [-0.25, -0.2) is 8.78 Å². The van der Waals surface area contributed by atoms with Gasteiger partial charge in [-0.3, -0.25) is 4.79 Å². The normalized spacial score (nSPS) is 12.6. The maximum absolute atomic E-state index is 12.8. The Morgan fingerprint density at radius 3 is 2.21 bits per heavy atom. The standard InChI is InChI=1S/C11H12F2O/c1-7(8(2)14)3-9-4-10(12)6-11(13)5-9/h4-7H,3H2,1-2H3/t7-/m0/s1. The predicted octanol–water partition coefficient (Wildman–Crippen LogP) is 2.73. The molecule has 0 amide bonds. The molecule has 76 valence electrons. The molecule has 0 fully saturated rings. The van der Waals surface area contributed by atoms with Gasteiger partial charge in [-0.15, -0.1) is 0 Å². The van der Waals surface area contributed by atoms with Crippen LogP contribution in [-0.4, -0.2) is 5.78 Å². The lowest BCUT2D eigenvalue weighted by molar-refractivity contribution is -0.120. The van der Waals surface area contributed by atoms with E-state index in [4.69, 9.17) is 0 Å². The van der Waals surface area contributed by atoms with Crippen LogP contribution < -0.4 is 0 Å².